The molecule has 0 saturated carbocycles. The van der Waals surface area contributed by atoms with E-state index in [4.69, 9.17) is 9.47 Å². The van der Waals surface area contributed by atoms with Crippen molar-refractivity contribution in [1.82, 2.24) is 14.5 Å². The average Bonchev–Trinajstić information content (AvgIpc) is 3.29. The summed E-state index contributed by atoms with van der Waals surface area (Å²) < 4.78 is 13.5. The SMILES string of the molecule is CC.CCC.CCCCNCNc1c(N(C)Cc2cc3c(cc2C)OCO3)c(=O)n(C)c(=O)n1C. The number of nitrogens with one attached hydrogen (secondary N) is 2. The quantitative estimate of drug-likeness (QED) is 0.405. The van der Waals surface area contributed by atoms with Gasteiger partial charge in [-0.2, -0.15) is 0 Å². The van der Waals surface area contributed by atoms with Crippen molar-refractivity contribution in [3.63, 3.8) is 0 Å². The highest BCUT2D eigenvalue weighted by Crippen LogP contribution is 2.35. The number of unbranched alkanes of at least 4 members (excludes halogenated alkanes) is 1. The summed E-state index contributed by atoms with van der Waals surface area (Å²) in [4.78, 5) is 27.3. The predicted molar refractivity (Wildman–Crippen MR) is 145 cm³/mol. The van der Waals surface area contributed by atoms with Gasteiger partial charge in [0.25, 0.3) is 5.56 Å². The number of rotatable bonds is 9. The van der Waals surface area contributed by atoms with Gasteiger partial charge in [-0.3, -0.25) is 13.9 Å². The van der Waals surface area contributed by atoms with E-state index in [-0.39, 0.29) is 18.0 Å². The van der Waals surface area contributed by atoms with E-state index in [2.05, 4.69) is 31.4 Å². The van der Waals surface area contributed by atoms with Crippen molar-refractivity contribution < 1.29 is 9.47 Å². The number of anilines is 2. The molecule has 0 fully saturated rings. The van der Waals surface area contributed by atoms with Gasteiger partial charge in [0.15, 0.2) is 11.5 Å². The Hall–Kier alpha value is -2.94. The van der Waals surface area contributed by atoms with E-state index in [1.807, 2.05) is 44.9 Å². The number of aryl methyl sites for hydroxylation is 1. The van der Waals surface area contributed by atoms with E-state index < -0.39 is 0 Å². The van der Waals surface area contributed by atoms with Crippen LogP contribution < -0.4 is 36.3 Å². The molecular weight excluding hydrogens is 446 g/mol. The van der Waals surface area contributed by atoms with Gasteiger partial charge in [-0.05, 0) is 43.1 Å². The largest absolute Gasteiger partial charge is 0.454 e. The molecule has 0 aliphatic carbocycles. The van der Waals surface area contributed by atoms with Crippen LogP contribution in [0, 0.1) is 6.92 Å². The van der Waals surface area contributed by atoms with Crippen LogP contribution >= 0.6 is 0 Å². The van der Waals surface area contributed by atoms with Crippen LogP contribution in [0.3, 0.4) is 0 Å². The van der Waals surface area contributed by atoms with Crippen LogP contribution in [0.5, 0.6) is 11.5 Å². The van der Waals surface area contributed by atoms with E-state index in [0.717, 1.165) is 40.8 Å². The first-order valence-electron chi connectivity index (χ1n) is 12.6. The number of ether oxygens (including phenoxy) is 2. The Morgan fingerprint density at radius 3 is 2.23 bits per heavy atom. The fourth-order valence-corrected chi connectivity index (χ4v) is 3.50. The summed E-state index contributed by atoms with van der Waals surface area (Å²) in [7, 11) is 5.01. The highest BCUT2D eigenvalue weighted by molar-refractivity contribution is 5.65. The topological polar surface area (TPSA) is 89.8 Å². The van der Waals surface area contributed by atoms with Crippen LogP contribution in [0.2, 0.25) is 0 Å². The molecule has 0 amide bonds. The molecule has 0 unspecified atom stereocenters. The molecule has 1 aromatic carbocycles. The highest BCUT2D eigenvalue weighted by atomic mass is 16.7. The Labute approximate surface area is 210 Å². The number of aromatic nitrogens is 2. The lowest BCUT2D eigenvalue weighted by Gasteiger charge is -2.25. The van der Waals surface area contributed by atoms with E-state index in [9.17, 15) is 9.59 Å². The maximum absolute atomic E-state index is 13.0. The number of fused-ring (bicyclic) bond motifs is 1. The zero-order valence-corrected chi connectivity index (χ0v) is 23.1. The minimum atomic E-state index is -0.368. The van der Waals surface area contributed by atoms with E-state index in [1.165, 1.54) is 18.0 Å². The lowest BCUT2D eigenvalue weighted by molar-refractivity contribution is 0.174. The summed E-state index contributed by atoms with van der Waals surface area (Å²) in [6.07, 6.45) is 3.41. The fraction of sp³-hybridized carbons (Fsp3) is 0.615. The lowest BCUT2D eigenvalue weighted by Crippen LogP contribution is -2.42. The number of nitrogens with zero attached hydrogens (tertiary/aromatic N) is 3. The van der Waals surface area contributed by atoms with Crippen molar-refractivity contribution in [2.45, 2.75) is 67.3 Å². The highest BCUT2D eigenvalue weighted by Gasteiger charge is 2.21. The minimum Gasteiger partial charge on any atom is -0.454 e. The summed E-state index contributed by atoms with van der Waals surface area (Å²) >= 11 is 0. The number of hydrogen-bond acceptors (Lipinski definition) is 7. The maximum Gasteiger partial charge on any atom is 0.332 e. The van der Waals surface area contributed by atoms with Crippen molar-refractivity contribution in [1.29, 1.82) is 0 Å². The van der Waals surface area contributed by atoms with Gasteiger partial charge < -0.3 is 25.0 Å². The minimum absolute atomic E-state index is 0.217. The van der Waals surface area contributed by atoms with Crippen LogP contribution in [-0.2, 0) is 20.6 Å². The van der Waals surface area contributed by atoms with Gasteiger partial charge in [0.2, 0.25) is 6.79 Å². The first-order valence-corrected chi connectivity index (χ1v) is 12.6. The van der Waals surface area contributed by atoms with Crippen molar-refractivity contribution in [2.24, 2.45) is 14.1 Å². The molecule has 0 saturated heterocycles. The van der Waals surface area contributed by atoms with Crippen LogP contribution in [-0.4, -0.2) is 36.2 Å². The molecule has 9 nitrogen and oxygen atoms in total. The van der Waals surface area contributed by atoms with E-state index >= 15 is 0 Å². The normalized spacial score (nSPS) is 11.2. The van der Waals surface area contributed by atoms with Crippen molar-refractivity contribution in [3.05, 3.63) is 44.1 Å². The van der Waals surface area contributed by atoms with Crippen LogP contribution in [0.15, 0.2) is 21.7 Å². The fourth-order valence-electron chi connectivity index (χ4n) is 3.50. The smallest absolute Gasteiger partial charge is 0.332 e. The molecule has 2 N–H and O–H groups in total. The Bertz CT molecular complexity index is 1050. The van der Waals surface area contributed by atoms with Crippen LogP contribution in [0.1, 0.15) is 65.0 Å². The molecule has 35 heavy (non-hydrogen) atoms. The van der Waals surface area contributed by atoms with Gasteiger partial charge in [-0.1, -0.05) is 47.5 Å². The summed E-state index contributed by atoms with van der Waals surface area (Å²) in [6.45, 7) is 14.4. The second-order valence-corrected chi connectivity index (χ2v) is 8.31. The Morgan fingerprint density at radius 1 is 1.03 bits per heavy atom. The van der Waals surface area contributed by atoms with Crippen LogP contribution in [0.4, 0.5) is 11.5 Å². The Kier molecular flexibility index (Phi) is 13.0. The number of hydrogen-bond donors (Lipinski definition) is 2. The van der Waals surface area contributed by atoms with Gasteiger partial charge in [-0.25, -0.2) is 4.79 Å². The predicted octanol–water partition coefficient (Wildman–Crippen LogP) is 3.96. The molecule has 198 valence electrons. The summed E-state index contributed by atoms with van der Waals surface area (Å²) in [6, 6.07) is 3.89. The van der Waals surface area contributed by atoms with Crippen molar-refractivity contribution in [2.75, 3.05) is 37.3 Å². The molecule has 0 atom stereocenters. The van der Waals surface area contributed by atoms with Crippen LogP contribution in [0.25, 0.3) is 0 Å². The molecule has 2 aromatic rings. The van der Waals surface area contributed by atoms with Gasteiger partial charge in [-0.15, -0.1) is 0 Å². The lowest BCUT2D eigenvalue weighted by atomic mass is 10.1. The Morgan fingerprint density at radius 2 is 1.63 bits per heavy atom. The molecule has 0 spiro atoms. The average molecular weight is 492 g/mol. The molecule has 1 aliphatic heterocycles. The standard InChI is InChI=1S/C21H31N5O4.C3H8.C2H6/c1-6-7-8-22-12-23-19-18(20(27)26(5)21(28)25(19)4)24(3)11-15-10-17-16(9-14(15)2)29-13-30-17;1-3-2;1-2/h9-10,22-23H,6-8,11-13H2,1-5H3;3H2,1-2H3;1-2H3. The van der Waals surface area contributed by atoms with Gasteiger partial charge >= 0.3 is 5.69 Å². The molecule has 0 bridgehead atoms. The second kappa shape index (κ2) is 15.1. The molecule has 3 rings (SSSR count). The van der Waals surface area contributed by atoms with E-state index in [0.29, 0.717) is 30.5 Å². The third-order valence-corrected chi connectivity index (χ3v) is 5.35. The third-order valence-electron chi connectivity index (χ3n) is 5.35. The molecule has 1 aromatic heterocycles. The summed E-state index contributed by atoms with van der Waals surface area (Å²) in [5, 5.41) is 6.51. The van der Waals surface area contributed by atoms with Gasteiger partial charge in [0, 0.05) is 27.7 Å². The first kappa shape index (κ1) is 30.1. The zero-order chi connectivity index (χ0) is 26.5. The third kappa shape index (κ3) is 7.78. The van der Waals surface area contributed by atoms with Gasteiger partial charge in [0.1, 0.15) is 11.5 Å². The monoisotopic (exact) mass is 491 g/mol. The summed E-state index contributed by atoms with van der Waals surface area (Å²) in [5.41, 5.74) is 1.80. The van der Waals surface area contributed by atoms with E-state index in [1.54, 1.807) is 7.05 Å². The first-order chi connectivity index (χ1) is 16.8. The summed E-state index contributed by atoms with van der Waals surface area (Å²) in [5.74, 6) is 1.93. The molecule has 9 heteroatoms. The molecule has 2 heterocycles. The molecule has 0 radical (unpaired) electrons. The number of benzene rings is 1. The molecule has 1 aliphatic rings. The zero-order valence-electron chi connectivity index (χ0n) is 23.1. The van der Waals surface area contributed by atoms with Crippen molar-refractivity contribution >= 4 is 11.5 Å². The maximum atomic E-state index is 13.0. The van der Waals surface area contributed by atoms with Crippen molar-refractivity contribution in [3.8, 4) is 11.5 Å². The van der Waals surface area contributed by atoms with Gasteiger partial charge in [0.05, 0.1) is 6.67 Å². The molecular formula is C26H45N5O4. The second-order valence-electron chi connectivity index (χ2n) is 8.31. The Balaban J connectivity index is 0.00000114.